The molecule has 0 aliphatic carbocycles. The predicted molar refractivity (Wildman–Crippen MR) is 81.6 cm³/mol. The highest BCUT2D eigenvalue weighted by Gasteiger charge is 2.11. The van der Waals surface area contributed by atoms with Gasteiger partial charge in [-0.25, -0.2) is 9.37 Å². The van der Waals surface area contributed by atoms with Gasteiger partial charge < -0.3 is 5.32 Å². The minimum atomic E-state index is -0.234. The number of anilines is 1. The van der Waals surface area contributed by atoms with Gasteiger partial charge in [0.1, 0.15) is 17.7 Å². The maximum Gasteiger partial charge on any atom is 0.144 e. The summed E-state index contributed by atoms with van der Waals surface area (Å²) < 4.78 is 12.9. The van der Waals surface area contributed by atoms with Gasteiger partial charge in [0.2, 0.25) is 0 Å². The minimum absolute atomic E-state index is 0.0938. The zero-order valence-electron chi connectivity index (χ0n) is 12.4. The monoisotopic (exact) mass is 283 g/mol. The van der Waals surface area contributed by atoms with Crippen LogP contribution < -0.4 is 5.32 Å². The van der Waals surface area contributed by atoms with E-state index in [2.05, 4.69) is 16.4 Å². The molecule has 108 valence electrons. The average Bonchev–Trinajstić information content (AvgIpc) is 2.41. The number of rotatable bonds is 4. The topological polar surface area (TPSA) is 48.7 Å². The Labute approximate surface area is 124 Å². The summed E-state index contributed by atoms with van der Waals surface area (Å²) in [5.74, 6) is 0.381. The first-order chi connectivity index (χ1) is 9.99. The molecule has 0 aliphatic heterocycles. The number of aromatic nitrogens is 1. The molecule has 1 unspecified atom stereocenters. The molecular formula is C17H18FN3. The normalized spacial score (nSPS) is 11.8. The third-order valence-electron chi connectivity index (χ3n) is 3.29. The number of nitrogens with one attached hydrogen (secondary N) is 1. The highest BCUT2D eigenvalue weighted by atomic mass is 19.1. The van der Waals surface area contributed by atoms with Crippen molar-refractivity contribution < 1.29 is 4.39 Å². The third kappa shape index (κ3) is 3.79. The van der Waals surface area contributed by atoms with E-state index < -0.39 is 0 Å². The molecule has 1 heterocycles. The lowest BCUT2D eigenvalue weighted by Gasteiger charge is -2.17. The van der Waals surface area contributed by atoms with Gasteiger partial charge in [0.25, 0.3) is 0 Å². The van der Waals surface area contributed by atoms with Crippen molar-refractivity contribution in [2.45, 2.75) is 33.2 Å². The van der Waals surface area contributed by atoms with Gasteiger partial charge in [-0.3, -0.25) is 0 Å². The van der Waals surface area contributed by atoms with Crippen molar-refractivity contribution in [1.82, 2.24) is 4.98 Å². The van der Waals surface area contributed by atoms with E-state index >= 15 is 0 Å². The van der Waals surface area contributed by atoms with E-state index in [1.54, 1.807) is 12.1 Å². The highest BCUT2D eigenvalue weighted by molar-refractivity contribution is 5.56. The maximum absolute atomic E-state index is 12.9. The van der Waals surface area contributed by atoms with Crippen LogP contribution in [0.1, 0.15) is 29.3 Å². The van der Waals surface area contributed by atoms with E-state index in [4.69, 9.17) is 0 Å². The van der Waals surface area contributed by atoms with E-state index in [-0.39, 0.29) is 11.9 Å². The number of aryl methyl sites for hydroxylation is 2. The summed E-state index contributed by atoms with van der Waals surface area (Å²) in [6, 6.07) is 10.6. The molecule has 21 heavy (non-hydrogen) atoms. The molecule has 0 saturated heterocycles. The summed E-state index contributed by atoms with van der Waals surface area (Å²) >= 11 is 0. The summed E-state index contributed by atoms with van der Waals surface area (Å²) in [5, 5.41) is 12.5. The number of pyridine rings is 1. The quantitative estimate of drug-likeness (QED) is 0.929. The maximum atomic E-state index is 12.9. The SMILES string of the molecule is Cc1cc(C)c(C#N)c(NC(C)Cc2ccc(F)cc2)n1. The molecule has 2 aromatic rings. The molecule has 1 aromatic heterocycles. The summed E-state index contributed by atoms with van der Waals surface area (Å²) in [7, 11) is 0. The second kappa shape index (κ2) is 6.36. The fourth-order valence-electron chi connectivity index (χ4n) is 2.34. The van der Waals surface area contributed by atoms with E-state index in [0.717, 1.165) is 23.2 Å². The standard InChI is InChI=1S/C17H18FN3/c1-11-8-12(2)20-17(16(11)10-19)21-13(3)9-14-4-6-15(18)7-5-14/h4-8,13H,9H2,1-3H3,(H,20,21). The van der Waals surface area contributed by atoms with Crippen molar-refractivity contribution in [2.24, 2.45) is 0 Å². The Morgan fingerprint density at radius 2 is 1.95 bits per heavy atom. The molecule has 2 rings (SSSR count). The first-order valence-corrected chi connectivity index (χ1v) is 6.89. The van der Waals surface area contributed by atoms with Crippen molar-refractivity contribution >= 4 is 5.82 Å². The zero-order valence-corrected chi connectivity index (χ0v) is 12.4. The molecule has 3 nitrogen and oxygen atoms in total. The van der Waals surface area contributed by atoms with E-state index in [1.807, 2.05) is 26.8 Å². The molecule has 1 N–H and O–H groups in total. The van der Waals surface area contributed by atoms with Crippen molar-refractivity contribution in [3.05, 3.63) is 58.5 Å². The number of halogens is 1. The fourth-order valence-corrected chi connectivity index (χ4v) is 2.34. The van der Waals surface area contributed by atoms with E-state index in [9.17, 15) is 9.65 Å². The van der Waals surface area contributed by atoms with Crippen LogP contribution in [0.2, 0.25) is 0 Å². The molecule has 4 heteroatoms. The Morgan fingerprint density at radius 1 is 1.29 bits per heavy atom. The van der Waals surface area contributed by atoms with Crippen LogP contribution in [0.15, 0.2) is 30.3 Å². The van der Waals surface area contributed by atoms with Gasteiger partial charge in [-0.05, 0) is 56.5 Å². The molecule has 0 saturated carbocycles. The van der Waals surface area contributed by atoms with Gasteiger partial charge in [0, 0.05) is 11.7 Å². The molecule has 0 fully saturated rings. The van der Waals surface area contributed by atoms with Crippen molar-refractivity contribution in [3.63, 3.8) is 0 Å². The van der Waals surface area contributed by atoms with Crippen molar-refractivity contribution in [1.29, 1.82) is 5.26 Å². The Hall–Kier alpha value is -2.41. The van der Waals surface area contributed by atoms with Crippen molar-refractivity contribution in [3.8, 4) is 6.07 Å². The van der Waals surface area contributed by atoms with Crippen LogP contribution >= 0.6 is 0 Å². The number of nitrogens with zero attached hydrogens (tertiary/aromatic N) is 2. The van der Waals surface area contributed by atoms with Crippen LogP contribution in [0.3, 0.4) is 0 Å². The molecule has 0 bridgehead atoms. The highest BCUT2D eigenvalue weighted by Crippen LogP contribution is 2.19. The number of benzene rings is 1. The molecule has 1 atom stereocenters. The molecule has 0 amide bonds. The van der Waals surface area contributed by atoms with Gasteiger partial charge in [-0.15, -0.1) is 0 Å². The molecule has 0 spiro atoms. The van der Waals surface area contributed by atoms with Crippen LogP contribution in [-0.4, -0.2) is 11.0 Å². The van der Waals surface area contributed by atoms with Crippen molar-refractivity contribution in [2.75, 3.05) is 5.32 Å². The van der Waals surface area contributed by atoms with Gasteiger partial charge >= 0.3 is 0 Å². The second-order valence-corrected chi connectivity index (χ2v) is 5.29. The Bertz CT molecular complexity index is 672. The summed E-state index contributed by atoms with van der Waals surface area (Å²) in [6.07, 6.45) is 0.736. The predicted octanol–water partition coefficient (Wildman–Crippen LogP) is 3.75. The zero-order chi connectivity index (χ0) is 15.4. The second-order valence-electron chi connectivity index (χ2n) is 5.29. The molecule has 0 radical (unpaired) electrons. The number of hydrogen-bond acceptors (Lipinski definition) is 3. The fraction of sp³-hybridized carbons (Fsp3) is 0.294. The number of nitriles is 1. The van der Waals surface area contributed by atoms with Gasteiger partial charge in [0.05, 0.1) is 5.56 Å². The summed E-state index contributed by atoms with van der Waals surface area (Å²) in [5.41, 5.74) is 3.41. The van der Waals surface area contributed by atoms with Crippen LogP contribution in [0, 0.1) is 31.0 Å². The largest absolute Gasteiger partial charge is 0.366 e. The van der Waals surface area contributed by atoms with Gasteiger partial charge in [-0.1, -0.05) is 12.1 Å². The van der Waals surface area contributed by atoms with Gasteiger partial charge in [0.15, 0.2) is 0 Å². The Kier molecular flexibility index (Phi) is 4.54. The number of hydrogen-bond donors (Lipinski definition) is 1. The third-order valence-corrected chi connectivity index (χ3v) is 3.29. The lowest BCUT2D eigenvalue weighted by Crippen LogP contribution is -2.20. The Morgan fingerprint density at radius 3 is 2.57 bits per heavy atom. The van der Waals surface area contributed by atoms with Gasteiger partial charge in [-0.2, -0.15) is 5.26 Å². The van der Waals surface area contributed by atoms with Crippen LogP contribution in [0.4, 0.5) is 10.2 Å². The minimum Gasteiger partial charge on any atom is -0.366 e. The molecule has 1 aromatic carbocycles. The smallest absolute Gasteiger partial charge is 0.144 e. The lowest BCUT2D eigenvalue weighted by atomic mass is 10.1. The Balaban J connectivity index is 2.14. The van der Waals surface area contributed by atoms with Crippen LogP contribution in [0.5, 0.6) is 0 Å². The summed E-state index contributed by atoms with van der Waals surface area (Å²) in [6.45, 7) is 5.83. The van der Waals surface area contributed by atoms with Crippen LogP contribution in [-0.2, 0) is 6.42 Å². The van der Waals surface area contributed by atoms with E-state index in [0.29, 0.717) is 11.4 Å². The average molecular weight is 283 g/mol. The first kappa shape index (κ1) is 15.0. The van der Waals surface area contributed by atoms with Crippen LogP contribution in [0.25, 0.3) is 0 Å². The first-order valence-electron chi connectivity index (χ1n) is 6.89. The van der Waals surface area contributed by atoms with E-state index in [1.165, 1.54) is 12.1 Å². The summed E-state index contributed by atoms with van der Waals surface area (Å²) in [4.78, 5) is 4.41. The lowest BCUT2D eigenvalue weighted by molar-refractivity contribution is 0.626. The molecule has 0 aliphatic rings. The molecular weight excluding hydrogens is 265 g/mol.